The number of aromatic nitrogens is 3. The third-order valence-corrected chi connectivity index (χ3v) is 3.75. The maximum atomic E-state index is 4.48. The van der Waals surface area contributed by atoms with Gasteiger partial charge in [0, 0.05) is 35.5 Å². The minimum Gasteiger partial charge on any atom is -0.357 e. The normalized spacial score (nSPS) is 10.3. The van der Waals surface area contributed by atoms with Crippen LogP contribution in [0, 0.1) is 0 Å². The fourth-order valence-electron chi connectivity index (χ4n) is 1.99. The predicted molar refractivity (Wildman–Crippen MR) is 92.2 cm³/mol. The molecule has 0 atom stereocenters. The fourth-order valence-corrected chi connectivity index (χ4v) is 2.38. The van der Waals surface area contributed by atoms with Crippen LogP contribution < -0.4 is 10.6 Å². The number of para-hydroxylation sites is 1. The summed E-state index contributed by atoms with van der Waals surface area (Å²) in [6, 6.07) is 13.7. The molecule has 3 rings (SSSR count). The Morgan fingerprint density at radius 2 is 1.77 bits per heavy atom. The van der Waals surface area contributed by atoms with Gasteiger partial charge in [0.05, 0.1) is 11.4 Å². The van der Waals surface area contributed by atoms with Crippen molar-refractivity contribution < 1.29 is 0 Å². The molecule has 0 radical (unpaired) electrons. The first-order valence-electron chi connectivity index (χ1n) is 6.75. The Hall–Kier alpha value is -2.47. The second kappa shape index (κ2) is 6.53. The van der Waals surface area contributed by atoms with Gasteiger partial charge in [-0.25, -0.2) is 4.98 Å². The highest BCUT2D eigenvalue weighted by molar-refractivity contribution is 9.10. The van der Waals surface area contributed by atoms with Crippen LogP contribution in [0.25, 0.3) is 11.3 Å². The molecule has 22 heavy (non-hydrogen) atoms. The molecule has 0 spiro atoms. The van der Waals surface area contributed by atoms with E-state index in [1.807, 2.05) is 42.5 Å². The standard InChI is InChI=1S/C16H14BrN5/c1-18-16-21-14(11-6-8-19-9-7-11)10-15(22-16)20-13-5-3-2-4-12(13)17/h2-10H,1H3,(H2,18,20,21,22). The molecule has 3 aromatic rings. The van der Waals surface area contributed by atoms with Gasteiger partial charge in [0.15, 0.2) is 0 Å². The van der Waals surface area contributed by atoms with Gasteiger partial charge in [-0.1, -0.05) is 12.1 Å². The molecule has 2 heterocycles. The summed E-state index contributed by atoms with van der Waals surface area (Å²) in [4.78, 5) is 13.0. The topological polar surface area (TPSA) is 62.7 Å². The van der Waals surface area contributed by atoms with Crippen molar-refractivity contribution in [3.05, 3.63) is 59.3 Å². The lowest BCUT2D eigenvalue weighted by Gasteiger charge is -2.11. The maximum Gasteiger partial charge on any atom is 0.224 e. The Kier molecular flexibility index (Phi) is 4.29. The third-order valence-electron chi connectivity index (χ3n) is 3.06. The van der Waals surface area contributed by atoms with E-state index in [0.29, 0.717) is 5.95 Å². The van der Waals surface area contributed by atoms with Gasteiger partial charge in [-0.3, -0.25) is 4.98 Å². The largest absolute Gasteiger partial charge is 0.357 e. The van der Waals surface area contributed by atoms with E-state index >= 15 is 0 Å². The van der Waals surface area contributed by atoms with Crippen LogP contribution >= 0.6 is 15.9 Å². The van der Waals surface area contributed by atoms with E-state index in [-0.39, 0.29) is 0 Å². The SMILES string of the molecule is CNc1nc(Nc2ccccc2Br)cc(-c2ccncc2)n1. The van der Waals surface area contributed by atoms with Gasteiger partial charge in [-0.05, 0) is 40.2 Å². The average Bonchev–Trinajstić information content (AvgIpc) is 2.57. The number of pyridine rings is 1. The van der Waals surface area contributed by atoms with Crippen molar-refractivity contribution in [1.29, 1.82) is 0 Å². The first-order valence-corrected chi connectivity index (χ1v) is 7.54. The van der Waals surface area contributed by atoms with Crippen LogP contribution in [0.1, 0.15) is 0 Å². The molecule has 0 aliphatic carbocycles. The molecule has 0 amide bonds. The molecule has 0 aliphatic heterocycles. The molecule has 5 nitrogen and oxygen atoms in total. The van der Waals surface area contributed by atoms with Gasteiger partial charge in [-0.15, -0.1) is 0 Å². The highest BCUT2D eigenvalue weighted by atomic mass is 79.9. The quantitative estimate of drug-likeness (QED) is 0.737. The summed E-state index contributed by atoms with van der Waals surface area (Å²) >= 11 is 3.52. The molecule has 1 aromatic carbocycles. The Morgan fingerprint density at radius 1 is 1.00 bits per heavy atom. The van der Waals surface area contributed by atoms with Gasteiger partial charge in [-0.2, -0.15) is 4.98 Å². The zero-order valence-electron chi connectivity index (χ0n) is 11.9. The second-order valence-electron chi connectivity index (χ2n) is 4.55. The molecule has 2 aromatic heterocycles. The lowest BCUT2D eigenvalue weighted by Crippen LogP contribution is -2.02. The third kappa shape index (κ3) is 3.23. The zero-order valence-corrected chi connectivity index (χ0v) is 13.5. The zero-order chi connectivity index (χ0) is 15.4. The van der Waals surface area contributed by atoms with Crippen molar-refractivity contribution in [3.8, 4) is 11.3 Å². The molecule has 0 unspecified atom stereocenters. The van der Waals surface area contributed by atoms with Crippen LogP contribution in [0.4, 0.5) is 17.5 Å². The lowest BCUT2D eigenvalue weighted by molar-refractivity contribution is 1.15. The van der Waals surface area contributed by atoms with Gasteiger partial charge < -0.3 is 10.6 Å². The van der Waals surface area contributed by atoms with Crippen LogP contribution in [0.5, 0.6) is 0 Å². The number of hydrogen-bond donors (Lipinski definition) is 2. The molecule has 6 heteroatoms. The van der Waals surface area contributed by atoms with Crippen molar-refractivity contribution in [3.63, 3.8) is 0 Å². The summed E-state index contributed by atoms with van der Waals surface area (Å²) in [5, 5.41) is 6.29. The number of hydrogen-bond acceptors (Lipinski definition) is 5. The highest BCUT2D eigenvalue weighted by Gasteiger charge is 2.07. The summed E-state index contributed by atoms with van der Waals surface area (Å²) in [5.41, 5.74) is 2.77. The number of nitrogens with one attached hydrogen (secondary N) is 2. The molecule has 2 N–H and O–H groups in total. The Labute approximate surface area is 137 Å². The van der Waals surface area contributed by atoms with E-state index in [1.54, 1.807) is 19.4 Å². The van der Waals surface area contributed by atoms with E-state index in [1.165, 1.54) is 0 Å². The average molecular weight is 356 g/mol. The maximum absolute atomic E-state index is 4.48. The van der Waals surface area contributed by atoms with E-state index in [0.717, 1.165) is 27.2 Å². The minimum atomic E-state index is 0.559. The van der Waals surface area contributed by atoms with E-state index < -0.39 is 0 Å². The van der Waals surface area contributed by atoms with Crippen LogP contribution in [0.2, 0.25) is 0 Å². The van der Waals surface area contributed by atoms with Crippen LogP contribution in [0.3, 0.4) is 0 Å². The van der Waals surface area contributed by atoms with Gasteiger partial charge in [0.1, 0.15) is 5.82 Å². The number of benzene rings is 1. The molecule has 0 aliphatic rings. The molecule has 110 valence electrons. The Bertz CT molecular complexity index is 776. The summed E-state index contributed by atoms with van der Waals surface area (Å²) in [5.74, 6) is 1.28. The van der Waals surface area contributed by atoms with Crippen LogP contribution in [-0.2, 0) is 0 Å². The fraction of sp³-hybridized carbons (Fsp3) is 0.0625. The Morgan fingerprint density at radius 3 is 2.50 bits per heavy atom. The van der Waals surface area contributed by atoms with Gasteiger partial charge in [0.25, 0.3) is 0 Å². The van der Waals surface area contributed by atoms with Crippen molar-refractivity contribution in [2.24, 2.45) is 0 Å². The second-order valence-corrected chi connectivity index (χ2v) is 5.41. The first-order chi connectivity index (χ1) is 10.8. The van der Waals surface area contributed by atoms with Gasteiger partial charge >= 0.3 is 0 Å². The van der Waals surface area contributed by atoms with E-state index in [2.05, 4.69) is 41.5 Å². The van der Waals surface area contributed by atoms with Crippen molar-refractivity contribution in [2.75, 3.05) is 17.7 Å². The van der Waals surface area contributed by atoms with Crippen molar-refractivity contribution >= 4 is 33.4 Å². The van der Waals surface area contributed by atoms with Crippen molar-refractivity contribution in [2.45, 2.75) is 0 Å². The van der Waals surface area contributed by atoms with Crippen molar-refractivity contribution in [1.82, 2.24) is 15.0 Å². The van der Waals surface area contributed by atoms with Crippen LogP contribution in [-0.4, -0.2) is 22.0 Å². The first kappa shape index (κ1) is 14.5. The van der Waals surface area contributed by atoms with Crippen LogP contribution in [0.15, 0.2) is 59.3 Å². The van der Waals surface area contributed by atoms with E-state index in [9.17, 15) is 0 Å². The van der Waals surface area contributed by atoms with Gasteiger partial charge in [0.2, 0.25) is 5.95 Å². The summed E-state index contributed by atoms with van der Waals surface area (Å²) in [6.45, 7) is 0. The number of anilines is 3. The number of halogens is 1. The lowest BCUT2D eigenvalue weighted by atomic mass is 10.2. The highest BCUT2D eigenvalue weighted by Crippen LogP contribution is 2.27. The summed E-state index contributed by atoms with van der Waals surface area (Å²) in [6.07, 6.45) is 3.49. The summed E-state index contributed by atoms with van der Waals surface area (Å²) < 4.78 is 0.977. The summed E-state index contributed by atoms with van der Waals surface area (Å²) in [7, 11) is 1.80. The van der Waals surface area contributed by atoms with E-state index in [4.69, 9.17) is 0 Å². The minimum absolute atomic E-state index is 0.559. The molecule has 0 fully saturated rings. The predicted octanol–water partition coefficient (Wildman–Crippen LogP) is 4.09. The molecule has 0 bridgehead atoms. The smallest absolute Gasteiger partial charge is 0.224 e. The molecular weight excluding hydrogens is 342 g/mol. The molecular formula is C16H14BrN5. The monoisotopic (exact) mass is 355 g/mol. The Balaban J connectivity index is 2.00. The number of rotatable bonds is 4. The number of nitrogens with zero attached hydrogens (tertiary/aromatic N) is 3. The molecule has 0 saturated heterocycles. The molecule has 0 saturated carbocycles.